The summed E-state index contributed by atoms with van der Waals surface area (Å²) >= 11 is 0. The minimum Gasteiger partial charge on any atom is -0.322 e. The predicted molar refractivity (Wildman–Crippen MR) is 113 cm³/mol. The van der Waals surface area contributed by atoms with Gasteiger partial charge in [-0.05, 0) is 62.4 Å². The Hall–Kier alpha value is -3.62. The Kier molecular flexibility index (Phi) is 5.26. The highest BCUT2D eigenvalue weighted by Gasteiger charge is 2.19. The Balaban J connectivity index is 1.63. The van der Waals surface area contributed by atoms with Gasteiger partial charge < -0.3 is 4.57 Å². The number of H-pyrrole nitrogens is 1. The fourth-order valence-corrected chi connectivity index (χ4v) is 3.56. The van der Waals surface area contributed by atoms with Gasteiger partial charge in [0.05, 0.1) is 11.0 Å². The lowest BCUT2D eigenvalue weighted by molar-refractivity contribution is 0.536. The molecule has 0 spiro atoms. The first-order valence-corrected chi connectivity index (χ1v) is 9.87. The number of unbranched alkanes of at least 4 members (excludes halogenated alkanes) is 2. The van der Waals surface area contributed by atoms with Crippen LogP contribution < -0.4 is 16.9 Å². The van der Waals surface area contributed by atoms with E-state index in [0.29, 0.717) is 24.4 Å². The molecule has 9 nitrogen and oxygen atoms in total. The molecule has 4 rings (SSSR count). The minimum atomic E-state index is -0.679. The van der Waals surface area contributed by atoms with Gasteiger partial charge in [0.25, 0.3) is 5.56 Å². The summed E-state index contributed by atoms with van der Waals surface area (Å²) in [6, 6.07) is 5.69. The van der Waals surface area contributed by atoms with Crippen molar-refractivity contribution in [2.24, 2.45) is 0 Å². The highest BCUT2D eigenvalue weighted by molar-refractivity contribution is 5.81. The van der Waals surface area contributed by atoms with Crippen molar-refractivity contribution in [3.05, 3.63) is 73.0 Å². The van der Waals surface area contributed by atoms with Gasteiger partial charge in [-0.25, -0.2) is 19.6 Å². The number of aromatic amines is 1. The lowest BCUT2D eigenvalue weighted by atomic mass is 10.1. The molecule has 0 radical (unpaired) electrons. The first-order chi connectivity index (χ1) is 14.4. The third-order valence-corrected chi connectivity index (χ3v) is 5.29. The van der Waals surface area contributed by atoms with Crippen LogP contribution in [-0.2, 0) is 13.1 Å². The van der Waals surface area contributed by atoms with Crippen LogP contribution in [0.15, 0.2) is 45.0 Å². The van der Waals surface area contributed by atoms with Crippen LogP contribution in [0.2, 0.25) is 0 Å². The van der Waals surface area contributed by atoms with Gasteiger partial charge in [-0.15, -0.1) is 0 Å². The lowest BCUT2D eigenvalue weighted by Gasteiger charge is -2.17. The Morgan fingerprint density at radius 3 is 2.53 bits per heavy atom. The van der Waals surface area contributed by atoms with Crippen LogP contribution in [0.1, 0.15) is 30.4 Å². The average molecular weight is 406 g/mol. The molecule has 1 aromatic heterocycles. The summed E-state index contributed by atoms with van der Waals surface area (Å²) in [4.78, 5) is 50.3. The number of hydrogen-bond donors (Lipinski definition) is 1. The van der Waals surface area contributed by atoms with Gasteiger partial charge in [0, 0.05) is 25.5 Å². The van der Waals surface area contributed by atoms with E-state index in [2.05, 4.69) is 19.9 Å². The molecule has 0 saturated carbocycles. The van der Waals surface area contributed by atoms with Gasteiger partial charge >= 0.3 is 11.4 Å². The highest BCUT2D eigenvalue weighted by Crippen LogP contribution is 2.24. The van der Waals surface area contributed by atoms with E-state index in [9.17, 15) is 14.4 Å². The van der Waals surface area contributed by atoms with E-state index >= 15 is 0 Å². The molecule has 0 aliphatic carbocycles. The van der Waals surface area contributed by atoms with Gasteiger partial charge in [-0.2, -0.15) is 4.98 Å². The average Bonchev–Trinajstić information content (AvgIpc) is 2.70. The topological polar surface area (TPSA) is 116 Å². The monoisotopic (exact) mass is 406 g/mol. The zero-order valence-electron chi connectivity index (χ0n) is 16.9. The molecule has 0 bridgehead atoms. The van der Waals surface area contributed by atoms with Crippen molar-refractivity contribution in [2.75, 3.05) is 0 Å². The molecule has 0 amide bonds. The van der Waals surface area contributed by atoms with Crippen LogP contribution in [0, 0.1) is 13.8 Å². The molecule has 1 N–H and O–H groups in total. The van der Waals surface area contributed by atoms with Crippen LogP contribution >= 0.6 is 0 Å². The number of fused-ring (bicyclic) bond motifs is 2. The Bertz CT molecular complexity index is 1370. The van der Waals surface area contributed by atoms with Crippen molar-refractivity contribution in [3.63, 3.8) is 0 Å². The highest BCUT2D eigenvalue weighted by atomic mass is 16.2. The Morgan fingerprint density at radius 2 is 1.73 bits per heavy atom. The number of nitrogens with zero attached hydrogens (tertiary/aromatic N) is 5. The summed E-state index contributed by atoms with van der Waals surface area (Å²) in [7, 11) is 0. The molecule has 2 aromatic rings. The number of benzene rings is 1. The first kappa shape index (κ1) is 19.7. The molecule has 154 valence electrons. The summed E-state index contributed by atoms with van der Waals surface area (Å²) in [5.74, 6) is 0.294. The second-order valence-electron chi connectivity index (χ2n) is 7.39. The third-order valence-electron chi connectivity index (χ3n) is 5.29. The first-order valence-electron chi connectivity index (χ1n) is 9.87. The van der Waals surface area contributed by atoms with Crippen molar-refractivity contribution >= 4 is 11.0 Å². The number of aryl methyl sites for hydroxylation is 4. The van der Waals surface area contributed by atoms with E-state index in [1.54, 1.807) is 16.8 Å². The van der Waals surface area contributed by atoms with E-state index < -0.39 is 11.2 Å². The number of nitrogens with one attached hydrogen (secondary N) is 1. The lowest BCUT2D eigenvalue weighted by Crippen LogP contribution is -2.29. The largest absolute Gasteiger partial charge is 0.349 e. The molecular formula is C21H22N6O3. The van der Waals surface area contributed by atoms with Crippen molar-refractivity contribution in [1.82, 2.24) is 29.1 Å². The standard InChI is InChI=1S/C21H22N6O3/c1-13-11-15-16(12-14(13)2)27(18-17(23-15)19(28)25-20(29)24-18)10-5-3-4-8-26-9-6-7-22-21(26)30/h6-7,9,11-12H,3-5,8,10H2,1-2H3,(H,25,28,29). The second kappa shape index (κ2) is 8.02. The molecule has 9 heteroatoms. The van der Waals surface area contributed by atoms with E-state index in [4.69, 9.17) is 0 Å². The molecular weight excluding hydrogens is 384 g/mol. The Morgan fingerprint density at radius 1 is 0.967 bits per heavy atom. The van der Waals surface area contributed by atoms with E-state index in [-0.39, 0.29) is 11.4 Å². The Labute approximate surface area is 171 Å². The zero-order chi connectivity index (χ0) is 21.3. The van der Waals surface area contributed by atoms with Crippen LogP contribution in [0.4, 0.5) is 0 Å². The van der Waals surface area contributed by atoms with Gasteiger partial charge in [-0.1, -0.05) is 0 Å². The van der Waals surface area contributed by atoms with E-state index in [1.165, 1.54) is 6.20 Å². The minimum absolute atomic E-state index is 0.160. The van der Waals surface area contributed by atoms with Crippen LogP contribution in [0.3, 0.4) is 0 Å². The molecule has 1 aromatic carbocycles. The van der Waals surface area contributed by atoms with Crippen molar-refractivity contribution < 1.29 is 0 Å². The normalized spacial score (nSPS) is 11.4. The fraction of sp³-hybridized carbons (Fsp3) is 0.333. The predicted octanol–water partition coefficient (Wildman–Crippen LogP) is 1.63. The SMILES string of the molecule is Cc1cc2nc3c(=O)[nH]c(=O)nc-3n(CCCCCn3cccnc3=O)c2cc1C. The van der Waals surface area contributed by atoms with Crippen LogP contribution in [0.5, 0.6) is 0 Å². The molecule has 3 heterocycles. The fourth-order valence-electron chi connectivity index (χ4n) is 3.56. The van der Waals surface area contributed by atoms with Crippen molar-refractivity contribution in [3.8, 4) is 11.5 Å². The zero-order valence-corrected chi connectivity index (χ0v) is 16.9. The van der Waals surface area contributed by atoms with E-state index in [1.807, 2.05) is 30.5 Å². The molecule has 2 aliphatic rings. The summed E-state index contributed by atoms with van der Waals surface area (Å²) in [6.45, 7) is 5.18. The summed E-state index contributed by atoms with van der Waals surface area (Å²) < 4.78 is 3.48. The van der Waals surface area contributed by atoms with Crippen LogP contribution in [-0.4, -0.2) is 29.1 Å². The number of rotatable bonds is 6. The molecule has 0 unspecified atom stereocenters. The van der Waals surface area contributed by atoms with Gasteiger partial charge in [0.2, 0.25) is 0 Å². The maximum Gasteiger partial charge on any atom is 0.349 e. The van der Waals surface area contributed by atoms with Crippen molar-refractivity contribution in [1.29, 1.82) is 0 Å². The van der Waals surface area contributed by atoms with Gasteiger partial charge in [-0.3, -0.25) is 14.3 Å². The van der Waals surface area contributed by atoms with E-state index in [0.717, 1.165) is 35.9 Å². The second-order valence-corrected chi connectivity index (χ2v) is 7.39. The number of hydrogen-bond acceptors (Lipinski definition) is 6. The summed E-state index contributed by atoms with van der Waals surface area (Å²) in [5.41, 5.74) is 2.40. The molecule has 30 heavy (non-hydrogen) atoms. The quantitative estimate of drug-likeness (QED) is 0.384. The molecule has 0 saturated heterocycles. The molecule has 0 atom stereocenters. The summed E-state index contributed by atoms with van der Waals surface area (Å²) in [6.07, 6.45) is 5.68. The molecule has 0 fully saturated rings. The van der Waals surface area contributed by atoms with Crippen molar-refractivity contribution in [2.45, 2.75) is 46.2 Å². The van der Waals surface area contributed by atoms with Gasteiger partial charge in [0.1, 0.15) is 0 Å². The number of aromatic nitrogens is 6. The third kappa shape index (κ3) is 3.78. The molecule has 2 aliphatic heterocycles. The maximum atomic E-state index is 12.3. The summed E-state index contributed by atoms with van der Waals surface area (Å²) in [5, 5.41) is 0. The van der Waals surface area contributed by atoms with Gasteiger partial charge in [0.15, 0.2) is 11.5 Å². The van der Waals surface area contributed by atoms with Crippen LogP contribution in [0.25, 0.3) is 22.6 Å². The maximum absolute atomic E-state index is 12.3. The smallest absolute Gasteiger partial charge is 0.322 e.